The maximum atomic E-state index is 12.3. The summed E-state index contributed by atoms with van der Waals surface area (Å²) in [5, 5.41) is 20.6. The summed E-state index contributed by atoms with van der Waals surface area (Å²) in [5.41, 5.74) is 6.66. The third-order valence-electron chi connectivity index (χ3n) is 4.16. The van der Waals surface area contributed by atoms with Crippen molar-refractivity contribution in [3.05, 3.63) is 21.6 Å². The van der Waals surface area contributed by atoms with Crippen LogP contribution in [0.4, 0.5) is 13.2 Å². The topological polar surface area (TPSA) is 150 Å². The van der Waals surface area contributed by atoms with Crippen molar-refractivity contribution >= 4 is 59.0 Å². The molecule has 15 heteroatoms. The first-order valence-corrected chi connectivity index (χ1v) is 11.6. The summed E-state index contributed by atoms with van der Waals surface area (Å²) >= 11 is 4.61. The molecule has 3 aliphatic rings. The largest absolute Gasteiger partial charge is 0.490 e. The Kier molecular flexibility index (Phi) is 8.35. The van der Waals surface area contributed by atoms with Gasteiger partial charge in [0.15, 0.2) is 0 Å². The van der Waals surface area contributed by atoms with E-state index in [0.717, 1.165) is 16.4 Å². The molecule has 3 aliphatic heterocycles. The predicted octanol–water partition coefficient (Wildman–Crippen LogP) is 1.03. The number of hydrogen-bond donors (Lipinski definition) is 4. The Bertz CT molecular complexity index is 848. The second-order valence-electron chi connectivity index (χ2n) is 6.35. The zero-order chi connectivity index (χ0) is 23.5. The average Bonchev–Trinajstić information content (AvgIpc) is 2.71. The Balaban J connectivity index is 0.000000423. The standard InChI is InChI=1S/C14H17N3O4S3.C2HF3O2/c1-6-4-24-13-9(12(19)17(13)10(6)14(20)21)16-11(18)8(15)7-5-22-2-3-23-7;3-2(4,5)1(6)7/h5,8-9,13H,2-4,15H2,1H3,(H,16,18)(H,20,21);(H,6,7). The summed E-state index contributed by atoms with van der Waals surface area (Å²) in [6.07, 6.45) is -5.08. The summed E-state index contributed by atoms with van der Waals surface area (Å²) in [6, 6.07) is -1.52. The van der Waals surface area contributed by atoms with Gasteiger partial charge in [-0.15, -0.1) is 35.3 Å². The number of halogens is 3. The number of aliphatic carboxylic acids is 2. The molecule has 9 nitrogen and oxygen atoms in total. The van der Waals surface area contributed by atoms with Gasteiger partial charge in [0.2, 0.25) is 5.91 Å². The number of β-lactam (4-membered cyclic amide) rings is 1. The highest BCUT2D eigenvalue weighted by Crippen LogP contribution is 2.40. The van der Waals surface area contributed by atoms with Crippen LogP contribution in [0.3, 0.4) is 0 Å². The van der Waals surface area contributed by atoms with Gasteiger partial charge in [-0.2, -0.15) is 13.2 Å². The molecule has 3 unspecified atom stereocenters. The number of nitrogens with two attached hydrogens (primary N) is 1. The molecular weight excluding hydrogens is 483 g/mol. The summed E-state index contributed by atoms with van der Waals surface area (Å²) in [5.74, 6) is -2.27. The maximum Gasteiger partial charge on any atom is 0.490 e. The first kappa shape index (κ1) is 25.4. The maximum absolute atomic E-state index is 12.3. The lowest BCUT2D eigenvalue weighted by molar-refractivity contribution is -0.192. The van der Waals surface area contributed by atoms with Crippen LogP contribution >= 0.6 is 35.3 Å². The van der Waals surface area contributed by atoms with Gasteiger partial charge in [0.25, 0.3) is 5.91 Å². The van der Waals surface area contributed by atoms with E-state index in [2.05, 4.69) is 5.32 Å². The van der Waals surface area contributed by atoms with E-state index in [4.69, 9.17) is 15.6 Å². The fraction of sp³-hybridized carbons (Fsp3) is 0.500. The average molecular weight is 502 g/mol. The van der Waals surface area contributed by atoms with Gasteiger partial charge < -0.3 is 21.3 Å². The third-order valence-corrected chi connectivity index (χ3v) is 7.97. The normalized spacial score (nSPS) is 24.1. The molecule has 0 radical (unpaired) electrons. The molecule has 3 rings (SSSR count). The molecule has 1 fully saturated rings. The quantitative estimate of drug-likeness (QED) is 0.411. The number of hydrogen-bond acceptors (Lipinski definition) is 8. The summed E-state index contributed by atoms with van der Waals surface area (Å²) in [6.45, 7) is 1.70. The molecule has 2 amide bonds. The fourth-order valence-corrected chi connectivity index (χ4v) is 6.13. The van der Waals surface area contributed by atoms with E-state index in [1.54, 1.807) is 30.4 Å². The van der Waals surface area contributed by atoms with Crippen LogP contribution in [0.15, 0.2) is 21.6 Å². The fourth-order valence-electron chi connectivity index (χ4n) is 2.69. The molecule has 172 valence electrons. The molecule has 0 aromatic rings. The number of nitrogens with zero attached hydrogens (tertiary/aromatic N) is 1. The van der Waals surface area contributed by atoms with E-state index in [9.17, 15) is 32.7 Å². The molecule has 0 bridgehead atoms. The number of rotatable bonds is 4. The number of carbonyl (C=O) groups is 4. The molecule has 0 spiro atoms. The lowest BCUT2D eigenvalue weighted by Crippen LogP contribution is -2.71. The van der Waals surface area contributed by atoms with Gasteiger partial charge in [-0.25, -0.2) is 9.59 Å². The van der Waals surface area contributed by atoms with Crippen molar-refractivity contribution in [1.29, 1.82) is 0 Å². The van der Waals surface area contributed by atoms with Gasteiger partial charge in [0, 0.05) is 22.2 Å². The second-order valence-corrected chi connectivity index (χ2v) is 9.60. The summed E-state index contributed by atoms with van der Waals surface area (Å²) in [7, 11) is 0. The molecule has 3 atom stereocenters. The Hall–Kier alpha value is -1.84. The van der Waals surface area contributed by atoms with Crippen molar-refractivity contribution in [3.8, 4) is 0 Å². The molecule has 31 heavy (non-hydrogen) atoms. The van der Waals surface area contributed by atoms with E-state index in [-0.39, 0.29) is 11.1 Å². The van der Waals surface area contributed by atoms with Crippen molar-refractivity contribution in [1.82, 2.24) is 10.2 Å². The number of carboxylic acids is 2. The Labute approximate surface area is 187 Å². The monoisotopic (exact) mass is 501 g/mol. The van der Waals surface area contributed by atoms with Crippen LogP contribution in [0.25, 0.3) is 0 Å². The lowest BCUT2D eigenvalue weighted by atomic mass is 10.0. The highest BCUT2D eigenvalue weighted by Gasteiger charge is 2.54. The highest BCUT2D eigenvalue weighted by atomic mass is 32.2. The van der Waals surface area contributed by atoms with Crippen molar-refractivity contribution in [2.45, 2.75) is 30.6 Å². The molecular formula is C16H18F3N3O6S3. The molecule has 0 aromatic heterocycles. The van der Waals surface area contributed by atoms with E-state index in [1.807, 2.05) is 5.41 Å². The smallest absolute Gasteiger partial charge is 0.477 e. The van der Waals surface area contributed by atoms with Crippen molar-refractivity contribution in [2.24, 2.45) is 5.73 Å². The van der Waals surface area contributed by atoms with Crippen molar-refractivity contribution in [2.75, 3.05) is 17.3 Å². The molecule has 0 aromatic carbocycles. The third kappa shape index (κ3) is 5.90. The van der Waals surface area contributed by atoms with Crippen LogP contribution in [0, 0.1) is 0 Å². The van der Waals surface area contributed by atoms with Gasteiger partial charge in [0.05, 0.1) is 0 Å². The summed E-state index contributed by atoms with van der Waals surface area (Å²) < 4.78 is 31.7. The first-order valence-electron chi connectivity index (χ1n) is 8.54. The molecule has 0 saturated carbocycles. The van der Waals surface area contributed by atoms with Crippen LogP contribution in [0.2, 0.25) is 0 Å². The van der Waals surface area contributed by atoms with Crippen molar-refractivity contribution < 1.29 is 42.6 Å². The number of alkyl halides is 3. The zero-order valence-corrected chi connectivity index (χ0v) is 18.3. The zero-order valence-electron chi connectivity index (χ0n) is 15.8. The van der Waals surface area contributed by atoms with E-state index in [0.29, 0.717) is 11.3 Å². The molecule has 0 aliphatic carbocycles. The summed E-state index contributed by atoms with van der Waals surface area (Å²) in [4.78, 5) is 47.0. The SMILES string of the molecule is CC1=C(C(=O)O)N2C(=O)C(NC(=O)C(N)C3=CSCCS3)C2SC1.O=C(O)C(F)(F)F. The van der Waals surface area contributed by atoms with Gasteiger partial charge in [-0.3, -0.25) is 14.5 Å². The number of nitrogens with one attached hydrogen (secondary N) is 1. The Morgan fingerprint density at radius 3 is 2.39 bits per heavy atom. The number of carbonyl (C=O) groups excluding carboxylic acids is 2. The van der Waals surface area contributed by atoms with Gasteiger partial charge in [-0.1, -0.05) is 0 Å². The molecule has 5 N–H and O–H groups in total. The number of thioether (sulfide) groups is 3. The Morgan fingerprint density at radius 2 is 1.90 bits per heavy atom. The van der Waals surface area contributed by atoms with Crippen LogP contribution in [-0.4, -0.2) is 79.8 Å². The minimum absolute atomic E-state index is 0.0282. The van der Waals surface area contributed by atoms with E-state index >= 15 is 0 Å². The van der Waals surface area contributed by atoms with Crippen LogP contribution in [-0.2, 0) is 19.2 Å². The minimum atomic E-state index is -5.08. The molecule has 1 saturated heterocycles. The lowest BCUT2D eigenvalue weighted by Gasteiger charge is -2.49. The van der Waals surface area contributed by atoms with Crippen LogP contribution in [0.1, 0.15) is 6.92 Å². The van der Waals surface area contributed by atoms with Crippen LogP contribution in [0.5, 0.6) is 0 Å². The number of carboxylic acid groups (broad SMARTS) is 2. The minimum Gasteiger partial charge on any atom is -0.477 e. The van der Waals surface area contributed by atoms with Gasteiger partial charge in [-0.05, 0) is 17.9 Å². The molecule has 3 heterocycles. The van der Waals surface area contributed by atoms with Gasteiger partial charge >= 0.3 is 18.1 Å². The highest BCUT2D eigenvalue weighted by molar-refractivity contribution is 8.09. The second kappa shape index (κ2) is 10.2. The van der Waals surface area contributed by atoms with Gasteiger partial charge in [0.1, 0.15) is 23.2 Å². The van der Waals surface area contributed by atoms with E-state index in [1.165, 1.54) is 16.7 Å². The first-order chi connectivity index (χ1) is 14.4. The predicted molar refractivity (Wildman–Crippen MR) is 110 cm³/mol. The number of fused-ring (bicyclic) bond motifs is 1. The van der Waals surface area contributed by atoms with Crippen LogP contribution < -0.4 is 11.1 Å². The van der Waals surface area contributed by atoms with Crippen molar-refractivity contribution in [3.63, 3.8) is 0 Å². The van der Waals surface area contributed by atoms with E-state index < -0.39 is 42.0 Å². The Morgan fingerprint density at radius 1 is 1.29 bits per heavy atom. The number of amides is 2.